The molecule has 1 heterocycles. The summed E-state index contributed by atoms with van der Waals surface area (Å²) in [6, 6.07) is 11.1. The van der Waals surface area contributed by atoms with Crippen molar-refractivity contribution >= 4 is 0 Å². The van der Waals surface area contributed by atoms with E-state index in [0.717, 1.165) is 35.5 Å². The third-order valence-electron chi connectivity index (χ3n) is 4.56. The van der Waals surface area contributed by atoms with Crippen LogP contribution in [-0.2, 0) is 6.54 Å². The Kier molecular flexibility index (Phi) is 3.30. The highest BCUT2D eigenvalue weighted by molar-refractivity contribution is 5.57. The fourth-order valence-electron chi connectivity index (χ4n) is 3.09. The fourth-order valence-corrected chi connectivity index (χ4v) is 3.09. The summed E-state index contributed by atoms with van der Waals surface area (Å²) in [4.78, 5) is 0. The van der Waals surface area contributed by atoms with Crippen molar-refractivity contribution in [1.29, 1.82) is 0 Å². The van der Waals surface area contributed by atoms with Crippen molar-refractivity contribution in [2.45, 2.75) is 38.3 Å². The van der Waals surface area contributed by atoms with E-state index in [2.05, 4.69) is 5.32 Å². The van der Waals surface area contributed by atoms with Gasteiger partial charge in [-0.1, -0.05) is 0 Å². The average molecular weight is 285 g/mol. The van der Waals surface area contributed by atoms with Crippen molar-refractivity contribution in [3.8, 4) is 11.3 Å². The summed E-state index contributed by atoms with van der Waals surface area (Å²) in [6.45, 7) is 0.791. The Labute approximate surface area is 124 Å². The summed E-state index contributed by atoms with van der Waals surface area (Å²) < 4.78 is 18.8. The molecule has 0 radical (unpaired) electrons. The van der Waals surface area contributed by atoms with Gasteiger partial charge >= 0.3 is 0 Å². The first-order valence-corrected chi connectivity index (χ1v) is 7.87. The Morgan fingerprint density at radius 2 is 1.67 bits per heavy atom. The summed E-state index contributed by atoms with van der Waals surface area (Å²) in [6.07, 6.45) is 5.53. The third kappa shape index (κ3) is 3.03. The molecule has 0 saturated heterocycles. The molecule has 1 N–H and O–H groups in total. The van der Waals surface area contributed by atoms with E-state index < -0.39 is 0 Å². The second kappa shape index (κ2) is 5.30. The Bertz CT molecular complexity index is 598. The van der Waals surface area contributed by atoms with Gasteiger partial charge in [0.2, 0.25) is 0 Å². The topological polar surface area (TPSA) is 25.2 Å². The molecule has 21 heavy (non-hydrogen) atoms. The molecular weight excluding hydrogens is 265 g/mol. The highest BCUT2D eigenvalue weighted by Gasteiger charge is 2.41. The second-order valence-corrected chi connectivity index (χ2v) is 6.35. The van der Waals surface area contributed by atoms with Gasteiger partial charge in [-0.25, -0.2) is 4.39 Å². The maximum absolute atomic E-state index is 12.9. The number of hydrogen-bond acceptors (Lipinski definition) is 2. The van der Waals surface area contributed by atoms with Crippen molar-refractivity contribution in [2.24, 2.45) is 11.8 Å². The van der Waals surface area contributed by atoms with Crippen molar-refractivity contribution in [3.63, 3.8) is 0 Å². The molecule has 2 fully saturated rings. The van der Waals surface area contributed by atoms with Crippen LogP contribution in [-0.4, -0.2) is 6.04 Å². The van der Waals surface area contributed by atoms with Crippen LogP contribution in [0.4, 0.5) is 4.39 Å². The lowest BCUT2D eigenvalue weighted by atomic mass is 10.1. The lowest BCUT2D eigenvalue weighted by molar-refractivity contribution is 0.389. The van der Waals surface area contributed by atoms with E-state index in [1.54, 1.807) is 12.1 Å². The Morgan fingerprint density at radius 1 is 1.00 bits per heavy atom. The molecule has 4 rings (SSSR count). The number of hydrogen-bond donors (Lipinski definition) is 1. The smallest absolute Gasteiger partial charge is 0.134 e. The van der Waals surface area contributed by atoms with E-state index in [9.17, 15) is 4.39 Å². The standard InChI is InChI=1S/C18H20FNO/c19-15-7-5-12(6-8-15)17-10-9-16(21-17)11-20-18(13-1-2-13)14-3-4-14/h5-10,13-14,18,20H,1-4,11H2. The molecule has 2 aliphatic rings. The van der Waals surface area contributed by atoms with Gasteiger partial charge in [0, 0.05) is 11.6 Å². The van der Waals surface area contributed by atoms with Gasteiger partial charge in [0.15, 0.2) is 0 Å². The minimum atomic E-state index is -0.219. The van der Waals surface area contributed by atoms with E-state index in [1.165, 1.54) is 37.8 Å². The van der Waals surface area contributed by atoms with Crippen molar-refractivity contribution in [3.05, 3.63) is 48.0 Å². The molecule has 110 valence electrons. The molecule has 0 bridgehead atoms. The summed E-state index contributed by atoms with van der Waals surface area (Å²) in [7, 11) is 0. The van der Waals surface area contributed by atoms with Crippen LogP contribution in [0.15, 0.2) is 40.8 Å². The van der Waals surface area contributed by atoms with Crippen LogP contribution in [0.2, 0.25) is 0 Å². The van der Waals surface area contributed by atoms with E-state index in [4.69, 9.17) is 4.42 Å². The maximum atomic E-state index is 12.9. The summed E-state index contributed by atoms with van der Waals surface area (Å²) >= 11 is 0. The first-order chi connectivity index (χ1) is 10.3. The van der Waals surface area contributed by atoms with Gasteiger partial charge in [-0.2, -0.15) is 0 Å². The first kappa shape index (κ1) is 13.1. The monoisotopic (exact) mass is 285 g/mol. The molecule has 2 nitrogen and oxygen atoms in total. The van der Waals surface area contributed by atoms with Gasteiger partial charge in [-0.05, 0) is 73.9 Å². The van der Waals surface area contributed by atoms with E-state index in [1.807, 2.05) is 12.1 Å². The predicted molar refractivity (Wildman–Crippen MR) is 80.2 cm³/mol. The summed E-state index contributed by atoms with van der Waals surface area (Å²) in [5.74, 6) is 3.33. The maximum Gasteiger partial charge on any atom is 0.134 e. The van der Waals surface area contributed by atoms with E-state index in [-0.39, 0.29) is 5.82 Å². The largest absolute Gasteiger partial charge is 0.460 e. The van der Waals surface area contributed by atoms with Crippen LogP contribution in [0.1, 0.15) is 31.4 Å². The molecule has 0 unspecified atom stereocenters. The van der Waals surface area contributed by atoms with Gasteiger partial charge in [-0.15, -0.1) is 0 Å². The lowest BCUT2D eigenvalue weighted by Crippen LogP contribution is -2.32. The zero-order valence-electron chi connectivity index (χ0n) is 12.0. The number of furan rings is 1. The van der Waals surface area contributed by atoms with Crippen molar-refractivity contribution in [1.82, 2.24) is 5.32 Å². The van der Waals surface area contributed by atoms with Gasteiger partial charge < -0.3 is 9.73 Å². The van der Waals surface area contributed by atoms with Crippen LogP contribution >= 0.6 is 0 Å². The molecule has 0 spiro atoms. The lowest BCUT2D eigenvalue weighted by Gasteiger charge is -2.16. The van der Waals surface area contributed by atoms with Crippen LogP contribution in [0, 0.1) is 17.7 Å². The normalized spacial score (nSPS) is 18.4. The van der Waals surface area contributed by atoms with Gasteiger partial charge in [0.05, 0.1) is 6.54 Å². The molecule has 2 saturated carbocycles. The molecule has 2 aliphatic carbocycles. The fraction of sp³-hybridized carbons (Fsp3) is 0.444. The van der Waals surface area contributed by atoms with E-state index in [0.29, 0.717) is 6.04 Å². The predicted octanol–water partition coefficient (Wildman–Crippen LogP) is 4.36. The van der Waals surface area contributed by atoms with E-state index >= 15 is 0 Å². The Balaban J connectivity index is 1.41. The van der Waals surface area contributed by atoms with Crippen LogP contribution in [0.25, 0.3) is 11.3 Å². The van der Waals surface area contributed by atoms with Crippen LogP contribution in [0.3, 0.4) is 0 Å². The number of benzene rings is 1. The van der Waals surface area contributed by atoms with Crippen molar-refractivity contribution < 1.29 is 8.81 Å². The van der Waals surface area contributed by atoms with Crippen LogP contribution < -0.4 is 5.32 Å². The highest BCUT2D eigenvalue weighted by Crippen LogP contribution is 2.44. The molecule has 2 aromatic rings. The minimum absolute atomic E-state index is 0.219. The Hall–Kier alpha value is -1.61. The number of rotatable bonds is 6. The molecule has 0 atom stereocenters. The molecule has 0 aliphatic heterocycles. The molecule has 3 heteroatoms. The molecular formula is C18H20FNO. The zero-order chi connectivity index (χ0) is 14.2. The third-order valence-corrected chi connectivity index (χ3v) is 4.56. The quantitative estimate of drug-likeness (QED) is 0.853. The Morgan fingerprint density at radius 3 is 2.29 bits per heavy atom. The van der Waals surface area contributed by atoms with Gasteiger partial charge in [0.1, 0.15) is 17.3 Å². The van der Waals surface area contributed by atoms with Crippen molar-refractivity contribution in [2.75, 3.05) is 0 Å². The van der Waals surface area contributed by atoms with Gasteiger partial charge in [0.25, 0.3) is 0 Å². The van der Waals surface area contributed by atoms with Gasteiger partial charge in [-0.3, -0.25) is 0 Å². The molecule has 0 amide bonds. The summed E-state index contributed by atoms with van der Waals surface area (Å²) in [5, 5.41) is 3.68. The summed E-state index contributed by atoms with van der Waals surface area (Å²) in [5.41, 5.74) is 0.920. The average Bonchev–Trinajstić information content (AvgIpc) is 3.41. The minimum Gasteiger partial charge on any atom is -0.460 e. The molecule has 1 aromatic heterocycles. The highest BCUT2D eigenvalue weighted by atomic mass is 19.1. The second-order valence-electron chi connectivity index (χ2n) is 6.35. The number of nitrogens with one attached hydrogen (secondary N) is 1. The molecule has 1 aromatic carbocycles. The first-order valence-electron chi connectivity index (χ1n) is 7.87. The van der Waals surface area contributed by atoms with Crippen LogP contribution in [0.5, 0.6) is 0 Å². The zero-order valence-corrected chi connectivity index (χ0v) is 12.0. The SMILES string of the molecule is Fc1ccc(-c2ccc(CNC(C3CC3)C3CC3)o2)cc1. The number of halogens is 1.